The molecule has 27 heavy (non-hydrogen) atoms. The first-order valence-corrected chi connectivity index (χ1v) is 9.35. The summed E-state index contributed by atoms with van der Waals surface area (Å²) in [6, 6.07) is 6.44. The molecule has 0 aliphatic carbocycles. The number of ether oxygens (including phenoxy) is 2. The van der Waals surface area contributed by atoms with E-state index in [4.69, 9.17) is 9.47 Å². The molecule has 8 heteroatoms. The number of aliphatic imine (C=N–C) groups is 1. The number of morpholine rings is 1. The molecule has 0 bridgehead atoms. The largest absolute Gasteiger partial charge is 0.486 e. The third-order valence-electron chi connectivity index (χ3n) is 4.24. The maximum absolute atomic E-state index is 13.6. The Kier molecular flexibility index (Phi) is 12.4. The molecular formula is C19H32FIN4O2. The standard InChI is InChI=1S/C19H31FN4O2.HI/c1-16(26-18-8-4-3-7-17(18)20)15-23-19(21-2)22-9-5-6-10-24-11-13-25-14-12-24;/h3-4,7-8,16H,5-6,9-15H2,1-2H3,(H2,21,22,23);1H. The predicted molar refractivity (Wildman–Crippen MR) is 118 cm³/mol. The van der Waals surface area contributed by atoms with E-state index >= 15 is 0 Å². The van der Waals surface area contributed by atoms with Crippen LogP contribution in [0.4, 0.5) is 4.39 Å². The van der Waals surface area contributed by atoms with Crippen LogP contribution in [0.15, 0.2) is 29.3 Å². The van der Waals surface area contributed by atoms with Gasteiger partial charge in [0.05, 0.1) is 19.8 Å². The molecule has 0 aromatic heterocycles. The van der Waals surface area contributed by atoms with Crippen LogP contribution in [-0.2, 0) is 4.74 Å². The maximum atomic E-state index is 13.6. The van der Waals surface area contributed by atoms with E-state index in [0.717, 1.165) is 58.2 Å². The summed E-state index contributed by atoms with van der Waals surface area (Å²) in [5.41, 5.74) is 0. The van der Waals surface area contributed by atoms with Gasteiger partial charge in [-0.2, -0.15) is 0 Å². The zero-order valence-electron chi connectivity index (χ0n) is 16.2. The molecule has 1 aromatic rings. The molecule has 6 nitrogen and oxygen atoms in total. The molecule has 0 radical (unpaired) electrons. The molecule has 1 aliphatic heterocycles. The lowest BCUT2D eigenvalue weighted by Crippen LogP contribution is -2.42. The van der Waals surface area contributed by atoms with Crippen molar-refractivity contribution in [3.05, 3.63) is 30.1 Å². The Hall–Kier alpha value is -1.13. The summed E-state index contributed by atoms with van der Waals surface area (Å²) in [5.74, 6) is 0.662. The second-order valence-corrected chi connectivity index (χ2v) is 6.40. The van der Waals surface area contributed by atoms with Crippen molar-refractivity contribution >= 4 is 29.9 Å². The Morgan fingerprint density at radius 1 is 1.26 bits per heavy atom. The van der Waals surface area contributed by atoms with Crippen molar-refractivity contribution in [1.29, 1.82) is 0 Å². The first kappa shape index (κ1) is 23.9. The molecule has 2 N–H and O–H groups in total. The molecule has 0 saturated carbocycles. The van der Waals surface area contributed by atoms with E-state index in [-0.39, 0.29) is 41.6 Å². The van der Waals surface area contributed by atoms with Gasteiger partial charge >= 0.3 is 0 Å². The van der Waals surface area contributed by atoms with Gasteiger partial charge in [-0.1, -0.05) is 12.1 Å². The molecule has 0 amide bonds. The fraction of sp³-hybridized carbons (Fsp3) is 0.632. The quantitative estimate of drug-likeness (QED) is 0.239. The number of nitrogens with zero attached hydrogens (tertiary/aromatic N) is 2. The van der Waals surface area contributed by atoms with Gasteiger partial charge in [-0.05, 0) is 38.4 Å². The lowest BCUT2D eigenvalue weighted by atomic mass is 10.2. The second kappa shape index (κ2) is 14.0. The van der Waals surface area contributed by atoms with Crippen LogP contribution in [0.1, 0.15) is 19.8 Å². The predicted octanol–water partition coefficient (Wildman–Crippen LogP) is 2.49. The lowest BCUT2D eigenvalue weighted by molar-refractivity contribution is 0.0372. The van der Waals surface area contributed by atoms with E-state index in [1.54, 1.807) is 25.2 Å². The van der Waals surface area contributed by atoms with Crippen LogP contribution in [-0.4, -0.2) is 69.9 Å². The first-order chi connectivity index (χ1) is 12.7. The summed E-state index contributed by atoms with van der Waals surface area (Å²) in [6.07, 6.45) is 2.06. The maximum Gasteiger partial charge on any atom is 0.191 e. The number of hydrogen-bond acceptors (Lipinski definition) is 4. The third kappa shape index (κ3) is 9.57. The zero-order valence-corrected chi connectivity index (χ0v) is 18.6. The fourth-order valence-corrected chi connectivity index (χ4v) is 2.75. The van der Waals surface area contributed by atoms with Gasteiger partial charge in [-0.25, -0.2) is 4.39 Å². The molecule has 1 heterocycles. The molecule has 0 spiro atoms. The number of hydrogen-bond donors (Lipinski definition) is 2. The van der Waals surface area contributed by atoms with E-state index in [1.165, 1.54) is 6.07 Å². The number of guanidine groups is 1. The molecule has 1 fully saturated rings. The Labute approximate surface area is 178 Å². The summed E-state index contributed by atoms with van der Waals surface area (Å²) in [4.78, 5) is 6.65. The van der Waals surface area contributed by atoms with E-state index in [2.05, 4.69) is 20.5 Å². The summed E-state index contributed by atoms with van der Waals surface area (Å²) < 4.78 is 24.6. The van der Waals surface area contributed by atoms with Crippen molar-refractivity contribution in [1.82, 2.24) is 15.5 Å². The van der Waals surface area contributed by atoms with Crippen molar-refractivity contribution in [3.63, 3.8) is 0 Å². The Morgan fingerprint density at radius 3 is 2.70 bits per heavy atom. The summed E-state index contributed by atoms with van der Waals surface area (Å²) in [5, 5.41) is 6.52. The first-order valence-electron chi connectivity index (χ1n) is 9.35. The Balaban J connectivity index is 0.00000364. The second-order valence-electron chi connectivity index (χ2n) is 6.40. The number of nitrogens with one attached hydrogen (secondary N) is 2. The van der Waals surface area contributed by atoms with E-state index < -0.39 is 0 Å². The smallest absolute Gasteiger partial charge is 0.191 e. The Bertz CT molecular complexity index is 556. The summed E-state index contributed by atoms with van der Waals surface area (Å²) in [6.45, 7) is 8.20. The van der Waals surface area contributed by atoms with E-state index in [1.807, 2.05) is 6.92 Å². The molecule has 1 aromatic carbocycles. The highest BCUT2D eigenvalue weighted by Crippen LogP contribution is 2.16. The van der Waals surface area contributed by atoms with Gasteiger partial charge in [0.15, 0.2) is 17.5 Å². The average molecular weight is 494 g/mol. The van der Waals surface area contributed by atoms with Crippen LogP contribution in [0.3, 0.4) is 0 Å². The number of rotatable bonds is 9. The SMILES string of the molecule is CN=C(NCCCCN1CCOCC1)NCC(C)Oc1ccccc1F.I. The number of unbranched alkanes of at least 4 members (excludes halogenated alkanes) is 1. The number of para-hydroxylation sites is 1. The van der Waals surface area contributed by atoms with Crippen LogP contribution in [0.25, 0.3) is 0 Å². The number of halogens is 2. The minimum atomic E-state index is -0.345. The van der Waals surface area contributed by atoms with Crippen molar-refractivity contribution in [2.45, 2.75) is 25.9 Å². The molecule has 1 unspecified atom stereocenters. The normalized spacial score (nSPS) is 16.3. The zero-order chi connectivity index (χ0) is 18.6. The van der Waals surface area contributed by atoms with Crippen LogP contribution in [0.5, 0.6) is 5.75 Å². The highest BCUT2D eigenvalue weighted by Gasteiger charge is 2.10. The van der Waals surface area contributed by atoms with Gasteiger partial charge in [0.25, 0.3) is 0 Å². The van der Waals surface area contributed by atoms with Crippen molar-refractivity contribution in [2.24, 2.45) is 4.99 Å². The number of benzene rings is 1. The molecule has 1 atom stereocenters. The van der Waals surface area contributed by atoms with Crippen molar-refractivity contribution in [2.75, 3.05) is 53.0 Å². The van der Waals surface area contributed by atoms with Gasteiger partial charge in [0, 0.05) is 26.7 Å². The van der Waals surface area contributed by atoms with Crippen molar-refractivity contribution < 1.29 is 13.9 Å². The molecule has 2 rings (SSSR count). The minimum absolute atomic E-state index is 0. The molecule has 154 valence electrons. The molecular weight excluding hydrogens is 462 g/mol. The van der Waals surface area contributed by atoms with Crippen LogP contribution >= 0.6 is 24.0 Å². The third-order valence-corrected chi connectivity index (χ3v) is 4.24. The van der Waals surface area contributed by atoms with Crippen molar-refractivity contribution in [3.8, 4) is 5.75 Å². The van der Waals surface area contributed by atoms with Gasteiger partial charge in [0.2, 0.25) is 0 Å². The monoisotopic (exact) mass is 494 g/mol. The van der Waals surface area contributed by atoms with Gasteiger partial charge in [0.1, 0.15) is 6.10 Å². The van der Waals surface area contributed by atoms with E-state index in [9.17, 15) is 4.39 Å². The van der Waals surface area contributed by atoms with Gasteiger partial charge < -0.3 is 20.1 Å². The van der Waals surface area contributed by atoms with E-state index in [0.29, 0.717) is 6.54 Å². The van der Waals surface area contributed by atoms with Gasteiger partial charge in [-0.3, -0.25) is 9.89 Å². The summed E-state index contributed by atoms with van der Waals surface area (Å²) >= 11 is 0. The molecule has 1 aliphatic rings. The van der Waals surface area contributed by atoms with Crippen LogP contribution in [0.2, 0.25) is 0 Å². The highest BCUT2D eigenvalue weighted by molar-refractivity contribution is 14.0. The fourth-order valence-electron chi connectivity index (χ4n) is 2.75. The Morgan fingerprint density at radius 2 is 2.00 bits per heavy atom. The lowest BCUT2D eigenvalue weighted by Gasteiger charge is -2.26. The van der Waals surface area contributed by atoms with Crippen LogP contribution in [0, 0.1) is 5.82 Å². The minimum Gasteiger partial charge on any atom is -0.486 e. The summed E-state index contributed by atoms with van der Waals surface area (Å²) in [7, 11) is 1.74. The molecule has 1 saturated heterocycles. The van der Waals surface area contributed by atoms with Crippen LogP contribution < -0.4 is 15.4 Å². The average Bonchev–Trinajstić information content (AvgIpc) is 2.66. The van der Waals surface area contributed by atoms with Gasteiger partial charge in [-0.15, -0.1) is 24.0 Å². The topological polar surface area (TPSA) is 58.1 Å². The highest BCUT2D eigenvalue weighted by atomic mass is 127.